The van der Waals surface area contributed by atoms with Gasteiger partial charge in [0.1, 0.15) is 0 Å². The number of phenols is 1. The van der Waals surface area contributed by atoms with Crippen molar-refractivity contribution in [3.63, 3.8) is 0 Å². The average Bonchev–Trinajstić information content (AvgIpc) is 2.59. The molecule has 0 aliphatic carbocycles. The number of thioether (sulfide) groups is 1. The number of amides is 1. The van der Waals surface area contributed by atoms with Gasteiger partial charge in [-0.2, -0.15) is 5.10 Å². The van der Waals surface area contributed by atoms with Gasteiger partial charge in [-0.15, -0.1) is 11.8 Å². The smallest absolute Gasteiger partial charge is 0.250 e. The highest BCUT2D eigenvalue weighted by Gasteiger charge is 2.07. The summed E-state index contributed by atoms with van der Waals surface area (Å²) in [5, 5.41) is 14.6. The molecule has 0 radical (unpaired) electrons. The molecule has 0 saturated heterocycles. The summed E-state index contributed by atoms with van der Waals surface area (Å²) in [6, 6.07) is 10.1. The summed E-state index contributed by atoms with van der Waals surface area (Å²) >= 11 is 13.6. The minimum Gasteiger partial charge on any atom is -0.504 e. The number of methoxy groups -OCH3 is 1. The van der Waals surface area contributed by atoms with Gasteiger partial charge in [-0.25, -0.2) is 5.43 Å². The van der Waals surface area contributed by atoms with E-state index in [2.05, 4.69) is 10.5 Å². The molecule has 0 aliphatic heterocycles. The summed E-state index contributed by atoms with van der Waals surface area (Å²) in [7, 11) is 1.46. The van der Waals surface area contributed by atoms with Crippen LogP contribution in [0, 0.1) is 0 Å². The number of phenolic OH excluding ortho intramolecular Hbond substituents is 1. The van der Waals surface area contributed by atoms with Crippen LogP contribution in [0.4, 0.5) is 0 Å². The van der Waals surface area contributed by atoms with Crippen LogP contribution in [0.3, 0.4) is 0 Å². The molecule has 132 valence electrons. The third-order valence-corrected chi connectivity index (χ3v) is 4.82. The number of nitrogens with zero attached hydrogens (tertiary/aromatic N) is 1. The summed E-state index contributed by atoms with van der Waals surface area (Å²) < 4.78 is 5.00. The molecule has 0 heterocycles. The average molecular weight is 399 g/mol. The van der Waals surface area contributed by atoms with Gasteiger partial charge in [-0.05, 0) is 41.5 Å². The van der Waals surface area contributed by atoms with E-state index in [-0.39, 0.29) is 17.4 Å². The van der Waals surface area contributed by atoms with E-state index in [9.17, 15) is 9.90 Å². The summed E-state index contributed by atoms with van der Waals surface area (Å²) in [6.07, 6.45) is 1.47. The van der Waals surface area contributed by atoms with Crippen molar-refractivity contribution in [1.82, 2.24) is 5.43 Å². The number of hydrazone groups is 1. The number of carbonyl (C=O) groups is 1. The quantitative estimate of drug-likeness (QED) is 0.544. The Hall–Kier alpha value is -1.89. The molecule has 0 aliphatic rings. The van der Waals surface area contributed by atoms with Crippen molar-refractivity contribution < 1.29 is 14.6 Å². The summed E-state index contributed by atoms with van der Waals surface area (Å²) in [4.78, 5) is 11.8. The van der Waals surface area contributed by atoms with Gasteiger partial charge in [-0.1, -0.05) is 29.3 Å². The lowest BCUT2D eigenvalue weighted by molar-refractivity contribution is -0.118. The number of benzene rings is 2. The van der Waals surface area contributed by atoms with Gasteiger partial charge in [0.25, 0.3) is 0 Å². The molecule has 2 aromatic carbocycles. The maximum Gasteiger partial charge on any atom is 0.250 e. The monoisotopic (exact) mass is 398 g/mol. The lowest BCUT2D eigenvalue weighted by atomic mass is 10.2. The third kappa shape index (κ3) is 5.85. The minimum atomic E-state index is -0.241. The minimum absolute atomic E-state index is 0.0401. The zero-order valence-electron chi connectivity index (χ0n) is 13.3. The fourth-order valence-corrected chi connectivity index (χ4v) is 3.46. The van der Waals surface area contributed by atoms with Crippen LogP contribution in [0.25, 0.3) is 0 Å². The van der Waals surface area contributed by atoms with Crippen LogP contribution in [-0.4, -0.2) is 30.1 Å². The van der Waals surface area contributed by atoms with E-state index in [0.29, 0.717) is 27.1 Å². The normalized spacial score (nSPS) is 10.8. The Bertz CT molecular complexity index is 764. The molecule has 0 bridgehead atoms. The molecule has 0 fully saturated rings. The zero-order chi connectivity index (χ0) is 18.2. The maximum absolute atomic E-state index is 11.8. The van der Waals surface area contributed by atoms with E-state index in [0.717, 1.165) is 5.56 Å². The van der Waals surface area contributed by atoms with Gasteiger partial charge in [0, 0.05) is 15.8 Å². The second kappa shape index (κ2) is 9.56. The standard InChI is InChI=1S/C17H16Cl2N2O3S/c1-24-16-7-11(5-6-15(16)22)8-20-21-17(23)10-25-9-12-13(18)3-2-4-14(12)19/h2-8,22H,9-10H2,1H3,(H,21,23)/b20-8+. The predicted molar refractivity (Wildman–Crippen MR) is 103 cm³/mol. The number of aromatic hydroxyl groups is 1. The summed E-state index contributed by atoms with van der Waals surface area (Å²) in [6.45, 7) is 0. The second-order valence-corrected chi connectivity index (χ2v) is 6.72. The van der Waals surface area contributed by atoms with E-state index in [1.54, 1.807) is 30.3 Å². The molecule has 0 atom stereocenters. The summed E-state index contributed by atoms with van der Waals surface area (Å²) in [5.74, 6) is 0.888. The predicted octanol–water partition coefficient (Wildman–Crippen LogP) is 4.09. The first-order valence-corrected chi connectivity index (χ1v) is 9.12. The van der Waals surface area contributed by atoms with Crippen LogP contribution in [0.2, 0.25) is 10.0 Å². The Morgan fingerprint density at radius 2 is 2.04 bits per heavy atom. The van der Waals surface area contributed by atoms with E-state index in [1.165, 1.54) is 31.2 Å². The molecule has 0 unspecified atom stereocenters. The Balaban J connectivity index is 1.81. The van der Waals surface area contributed by atoms with Crippen molar-refractivity contribution in [2.45, 2.75) is 5.75 Å². The van der Waals surface area contributed by atoms with Crippen LogP contribution in [0.15, 0.2) is 41.5 Å². The van der Waals surface area contributed by atoms with E-state index < -0.39 is 0 Å². The highest BCUT2D eigenvalue weighted by Crippen LogP contribution is 2.28. The number of hydrogen-bond donors (Lipinski definition) is 2. The van der Waals surface area contributed by atoms with Crippen molar-refractivity contribution in [2.75, 3.05) is 12.9 Å². The van der Waals surface area contributed by atoms with E-state index in [1.807, 2.05) is 0 Å². The van der Waals surface area contributed by atoms with E-state index >= 15 is 0 Å². The van der Waals surface area contributed by atoms with Gasteiger partial charge in [0.2, 0.25) is 5.91 Å². The first-order chi connectivity index (χ1) is 12.0. The highest BCUT2D eigenvalue weighted by molar-refractivity contribution is 7.99. The number of ether oxygens (including phenoxy) is 1. The van der Waals surface area contributed by atoms with Gasteiger partial charge >= 0.3 is 0 Å². The van der Waals surface area contributed by atoms with E-state index in [4.69, 9.17) is 27.9 Å². The molecule has 25 heavy (non-hydrogen) atoms. The molecular formula is C17H16Cl2N2O3S. The number of halogens is 2. The van der Waals surface area contributed by atoms with Crippen LogP contribution < -0.4 is 10.2 Å². The number of hydrogen-bond acceptors (Lipinski definition) is 5. The van der Waals surface area contributed by atoms with Gasteiger partial charge in [-0.3, -0.25) is 4.79 Å². The molecule has 2 aromatic rings. The zero-order valence-corrected chi connectivity index (χ0v) is 15.7. The second-order valence-electron chi connectivity index (χ2n) is 4.92. The van der Waals surface area contributed by atoms with Crippen LogP contribution in [-0.2, 0) is 10.5 Å². The Kier molecular flexibility index (Phi) is 7.43. The Labute approximate surface area is 160 Å². The van der Waals surface area contributed by atoms with Crippen LogP contribution in [0.1, 0.15) is 11.1 Å². The lowest BCUT2D eigenvalue weighted by Crippen LogP contribution is -2.19. The van der Waals surface area contributed by atoms with Crippen LogP contribution >= 0.6 is 35.0 Å². The van der Waals surface area contributed by atoms with Crippen molar-refractivity contribution in [2.24, 2.45) is 5.10 Å². The molecule has 5 nitrogen and oxygen atoms in total. The number of carbonyl (C=O) groups excluding carboxylic acids is 1. The molecule has 0 spiro atoms. The van der Waals surface area contributed by atoms with Crippen molar-refractivity contribution >= 4 is 47.1 Å². The molecule has 2 N–H and O–H groups in total. The first-order valence-electron chi connectivity index (χ1n) is 7.21. The molecule has 2 rings (SSSR count). The molecule has 0 aromatic heterocycles. The van der Waals surface area contributed by atoms with Gasteiger partial charge < -0.3 is 9.84 Å². The van der Waals surface area contributed by atoms with Crippen molar-refractivity contribution in [3.8, 4) is 11.5 Å². The molecular weight excluding hydrogens is 383 g/mol. The maximum atomic E-state index is 11.8. The molecule has 8 heteroatoms. The van der Waals surface area contributed by atoms with Crippen molar-refractivity contribution in [3.05, 3.63) is 57.6 Å². The summed E-state index contributed by atoms with van der Waals surface area (Å²) in [5.41, 5.74) is 3.93. The SMILES string of the molecule is COc1cc(/C=N/NC(=O)CSCc2c(Cl)cccc2Cl)ccc1O. The Morgan fingerprint density at radius 1 is 1.32 bits per heavy atom. The fourth-order valence-electron chi connectivity index (χ4n) is 1.90. The highest BCUT2D eigenvalue weighted by atomic mass is 35.5. The Morgan fingerprint density at radius 3 is 2.72 bits per heavy atom. The lowest BCUT2D eigenvalue weighted by Gasteiger charge is -2.06. The van der Waals surface area contributed by atoms with Crippen molar-refractivity contribution in [1.29, 1.82) is 0 Å². The van der Waals surface area contributed by atoms with Gasteiger partial charge in [0.05, 0.1) is 19.1 Å². The third-order valence-electron chi connectivity index (χ3n) is 3.15. The molecule has 1 amide bonds. The molecule has 0 saturated carbocycles. The topological polar surface area (TPSA) is 70.9 Å². The largest absolute Gasteiger partial charge is 0.504 e. The number of nitrogens with one attached hydrogen (secondary N) is 1. The van der Waals surface area contributed by atoms with Gasteiger partial charge in [0.15, 0.2) is 11.5 Å². The van der Waals surface area contributed by atoms with Crippen LogP contribution in [0.5, 0.6) is 11.5 Å². The fraction of sp³-hybridized carbons (Fsp3) is 0.176. The first kappa shape index (κ1) is 19.4. The number of rotatable bonds is 7.